The molecule has 0 fully saturated rings. The van der Waals surface area contributed by atoms with Crippen LogP contribution in [0.5, 0.6) is 11.5 Å². The second kappa shape index (κ2) is 9.17. The zero-order valence-electron chi connectivity index (χ0n) is 13.3. The predicted octanol–water partition coefficient (Wildman–Crippen LogP) is 4.06. The highest BCUT2D eigenvalue weighted by Gasteiger charge is 2.08. The average molecular weight is 352 g/mol. The van der Waals surface area contributed by atoms with Gasteiger partial charge >= 0.3 is 0 Å². The zero-order chi connectivity index (χ0) is 16.7. The fourth-order valence-electron chi connectivity index (χ4n) is 2.14. The van der Waals surface area contributed by atoms with E-state index in [-0.39, 0.29) is 0 Å². The predicted molar refractivity (Wildman–Crippen MR) is 94.5 cm³/mol. The maximum Gasteiger partial charge on any atom is 0.131 e. The monoisotopic (exact) mass is 352 g/mol. The van der Waals surface area contributed by atoms with Gasteiger partial charge in [0.2, 0.25) is 0 Å². The summed E-state index contributed by atoms with van der Waals surface area (Å²) in [5.41, 5.74) is 2.22. The Morgan fingerprint density at radius 2 is 2.00 bits per heavy atom. The molecular formula is C16H20N2O3S2. The van der Waals surface area contributed by atoms with Crippen LogP contribution in [0, 0.1) is 6.92 Å². The van der Waals surface area contributed by atoms with E-state index >= 15 is 0 Å². The maximum absolute atomic E-state index is 6.05. The quantitative estimate of drug-likeness (QED) is 0.321. The van der Waals surface area contributed by atoms with Crippen LogP contribution >= 0.6 is 23.8 Å². The number of aryl methyl sites for hydroxylation is 1. The van der Waals surface area contributed by atoms with E-state index in [0.29, 0.717) is 6.54 Å². The summed E-state index contributed by atoms with van der Waals surface area (Å²) < 4.78 is 10.7. The van der Waals surface area contributed by atoms with E-state index in [1.54, 1.807) is 11.8 Å². The van der Waals surface area contributed by atoms with Crippen LogP contribution in [0.15, 0.2) is 46.2 Å². The van der Waals surface area contributed by atoms with Crippen LogP contribution in [0.2, 0.25) is 0 Å². The van der Waals surface area contributed by atoms with Gasteiger partial charge in [-0.15, -0.1) is 21.1 Å². The van der Waals surface area contributed by atoms with Gasteiger partial charge in [0.05, 0.1) is 12.0 Å². The first-order valence-corrected chi connectivity index (χ1v) is 8.94. The van der Waals surface area contributed by atoms with Gasteiger partial charge in [-0.2, -0.15) is 5.90 Å². The molecule has 0 heterocycles. The van der Waals surface area contributed by atoms with E-state index < -0.39 is 0 Å². The minimum absolute atomic E-state index is 0.676. The minimum atomic E-state index is 0.676. The SMILES string of the molecule is CNCc1cc(SOON)ccc1Oc1ccc(SC)c(C)c1. The summed E-state index contributed by atoms with van der Waals surface area (Å²) in [6, 6.07) is 11.9. The van der Waals surface area contributed by atoms with E-state index in [9.17, 15) is 0 Å². The van der Waals surface area contributed by atoms with Crippen LogP contribution in [0.4, 0.5) is 0 Å². The normalized spacial score (nSPS) is 10.8. The third-order valence-electron chi connectivity index (χ3n) is 3.16. The molecule has 0 unspecified atom stereocenters. The Balaban J connectivity index is 2.22. The molecule has 0 amide bonds. The molecule has 0 bridgehead atoms. The molecule has 2 aromatic rings. The highest BCUT2D eigenvalue weighted by Crippen LogP contribution is 2.32. The Hall–Kier alpha value is -1.22. The second-order valence-electron chi connectivity index (χ2n) is 4.78. The highest BCUT2D eigenvalue weighted by molar-refractivity contribution is 7.98. The first-order valence-electron chi connectivity index (χ1n) is 6.98. The van der Waals surface area contributed by atoms with Crippen molar-refractivity contribution in [3.05, 3.63) is 47.5 Å². The van der Waals surface area contributed by atoms with Crippen molar-refractivity contribution in [3.8, 4) is 11.5 Å². The van der Waals surface area contributed by atoms with E-state index in [0.717, 1.165) is 34.0 Å². The standard InChI is InChI=1S/C16H20N2O3S2/c1-11-8-13(4-7-16(11)22-3)19-15-6-5-14(23-21-20-17)9-12(15)10-18-2/h4-9,18H,10,17H2,1-3H3. The summed E-state index contributed by atoms with van der Waals surface area (Å²) in [5, 5.41) is 3.13. The maximum atomic E-state index is 6.05. The van der Waals surface area contributed by atoms with Gasteiger partial charge in [-0.25, -0.2) is 0 Å². The Morgan fingerprint density at radius 1 is 1.17 bits per heavy atom. The number of nitrogens with two attached hydrogens (primary N) is 1. The molecule has 0 saturated heterocycles. The van der Waals surface area contributed by atoms with Crippen molar-refractivity contribution in [1.82, 2.24) is 5.32 Å². The van der Waals surface area contributed by atoms with Crippen molar-refractivity contribution in [3.63, 3.8) is 0 Å². The van der Waals surface area contributed by atoms with Crippen molar-refractivity contribution in [2.24, 2.45) is 5.90 Å². The molecular weight excluding hydrogens is 332 g/mol. The topological polar surface area (TPSA) is 65.7 Å². The zero-order valence-corrected chi connectivity index (χ0v) is 14.9. The second-order valence-corrected chi connectivity index (χ2v) is 6.40. The van der Waals surface area contributed by atoms with Crippen LogP contribution in [0.1, 0.15) is 11.1 Å². The van der Waals surface area contributed by atoms with Gasteiger partial charge in [0.1, 0.15) is 11.5 Å². The molecule has 0 atom stereocenters. The molecule has 5 nitrogen and oxygen atoms in total. The number of rotatable bonds is 8. The first-order chi connectivity index (χ1) is 11.2. The summed E-state index contributed by atoms with van der Waals surface area (Å²) in [4.78, 5) is 6.25. The number of hydrogen-bond donors (Lipinski definition) is 2. The van der Waals surface area contributed by atoms with Gasteiger partial charge in [-0.3, -0.25) is 0 Å². The Labute approximate surface area is 145 Å². The number of thioether (sulfide) groups is 1. The lowest BCUT2D eigenvalue weighted by molar-refractivity contribution is -0.195. The average Bonchev–Trinajstić information content (AvgIpc) is 2.55. The van der Waals surface area contributed by atoms with Gasteiger partial charge < -0.3 is 10.1 Å². The van der Waals surface area contributed by atoms with Crippen LogP contribution in [0.3, 0.4) is 0 Å². The third-order valence-corrected chi connectivity index (χ3v) is 4.65. The molecule has 124 valence electrons. The molecule has 0 saturated carbocycles. The van der Waals surface area contributed by atoms with E-state index in [2.05, 4.69) is 33.9 Å². The lowest BCUT2D eigenvalue weighted by Crippen LogP contribution is -2.06. The molecule has 0 aliphatic carbocycles. The lowest BCUT2D eigenvalue weighted by atomic mass is 10.2. The molecule has 0 radical (unpaired) electrons. The number of hydrogen-bond acceptors (Lipinski definition) is 7. The van der Waals surface area contributed by atoms with Crippen molar-refractivity contribution >= 4 is 23.8 Å². The van der Waals surface area contributed by atoms with Crippen molar-refractivity contribution in [2.45, 2.75) is 23.3 Å². The molecule has 2 aromatic carbocycles. The summed E-state index contributed by atoms with van der Waals surface area (Å²) in [5.74, 6) is 6.48. The Kier molecular flexibility index (Phi) is 7.22. The van der Waals surface area contributed by atoms with Crippen LogP contribution in [-0.4, -0.2) is 13.3 Å². The van der Waals surface area contributed by atoms with Crippen molar-refractivity contribution < 1.29 is 14.1 Å². The van der Waals surface area contributed by atoms with Gasteiger partial charge in [-0.1, -0.05) is 0 Å². The van der Waals surface area contributed by atoms with Crippen LogP contribution in [-0.2, 0) is 15.9 Å². The molecule has 0 aromatic heterocycles. The minimum Gasteiger partial charge on any atom is -0.457 e. The van der Waals surface area contributed by atoms with Gasteiger partial charge in [-0.05, 0) is 62.2 Å². The fraction of sp³-hybridized carbons (Fsp3) is 0.250. The summed E-state index contributed by atoms with van der Waals surface area (Å²) in [6.45, 7) is 2.76. The van der Waals surface area contributed by atoms with E-state index in [1.165, 1.54) is 10.5 Å². The smallest absolute Gasteiger partial charge is 0.131 e. The molecule has 0 spiro atoms. The summed E-state index contributed by atoms with van der Waals surface area (Å²) >= 11 is 2.78. The van der Waals surface area contributed by atoms with Crippen molar-refractivity contribution in [2.75, 3.05) is 13.3 Å². The lowest BCUT2D eigenvalue weighted by Gasteiger charge is -2.13. The molecule has 0 aliphatic rings. The Morgan fingerprint density at radius 3 is 2.65 bits per heavy atom. The van der Waals surface area contributed by atoms with E-state index in [4.69, 9.17) is 10.6 Å². The van der Waals surface area contributed by atoms with Gasteiger partial charge in [0, 0.05) is 21.9 Å². The van der Waals surface area contributed by atoms with E-state index in [1.807, 2.05) is 37.4 Å². The summed E-state index contributed by atoms with van der Waals surface area (Å²) in [6.07, 6.45) is 2.07. The first kappa shape index (κ1) is 18.1. The van der Waals surface area contributed by atoms with Crippen LogP contribution < -0.4 is 16.0 Å². The molecule has 3 N–H and O–H groups in total. The molecule has 0 aliphatic heterocycles. The number of nitrogens with one attached hydrogen (secondary N) is 1. The molecule has 23 heavy (non-hydrogen) atoms. The number of benzene rings is 2. The fourth-order valence-corrected chi connectivity index (χ4v) is 3.15. The number of ether oxygens (including phenoxy) is 1. The third kappa shape index (κ3) is 5.13. The van der Waals surface area contributed by atoms with Crippen molar-refractivity contribution in [1.29, 1.82) is 0 Å². The Bertz CT molecular complexity index is 653. The van der Waals surface area contributed by atoms with Crippen LogP contribution in [0.25, 0.3) is 0 Å². The highest BCUT2D eigenvalue weighted by atomic mass is 32.2. The molecule has 7 heteroatoms. The van der Waals surface area contributed by atoms with Gasteiger partial charge in [0.15, 0.2) is 0 Å². The largest absolute Gasteiger partial charge is 0.457 e. The van der Waals surface area contributed by atoms with Gasteiger partial charge in [0.25, 0.3) is 0 Å². The molecule has 2 rings (SSSR count). The summed E-state index contributed by atoms with van der Waals surface area (Å²) in [7, 11) is 1.89.